The van der Waals surface area contributed by atoms with Crippen molar-refractivity contribution in [3.8, 4) is 0 Å². The van der Waals surface area contributed by atoms with Crippen LogP contribution in [0.25, 0.3) is 0 Å². The maximum Gasteiger partial charge on any atom is 0.305 e. The molecule has 1 aliphatic rings. The molecule has 0 aliphatic carbocycles. The molecule has 3 atom stereocenters. The van der Waals surface area contributed by atoms with Crippen molar-refractivity contribution < 1.29 is 19.5 Å². The summed E-state index contributed by atoms with van der Waals surface area (Å²) in [6, 6.07) is -1.25. The number of carbonyl (C=O) groups is 3. The summed E-state index contributed by atoms with van der Waals surface area (Å²) in [7, 11) is 0. The molecule has 0 aromatic carbocycles. The lowest BCUT2D eigenvalue weighted by atomic mass is 10.1. The predicted octanol–water partition coefficient (Wildman–Crippen LogP) is -0.0452. The maximum atomic E-state index is 12.2. The standard InChI is InChI=1S/C14H25N3O4/c1-4-5-9(2)16-13(20)10(3)17-7-6-15-14(21)11(17)8-12(18)19/h9-11H,4-8H2,1-3H3,(H,15,21)(H,16,20)(H,18,19). The van der Waals surface area contributed by atoms with Crippen molar-refractivity contribution in [1.29, 1.82) is 0 Å². The Morgan fingerprint density at radius 2 is 2.14 bits per heavy atom. The summed E-state index contributed by atoms with van der Waals surface area (Å²) in [6.07, 6.45) is 1.56. The van der Waals surface area contributed by atoms with E-state index >= 15 is 0 Å². The number of nitrogens with zero attached hydrogens (tertiary/aromatic N) is 1. The summed E-state index contributed by atoms with van der Waals surface area (Å²) in [5.74, 6) is -1.54. The second kappa shape index (κ2) is 7.97. The van der Waals surface area contributed by atoms with Gasteiger partial charge in [-0.1, -0.05) is 13.3 Å². The molecule has 1 fully saturated rings. The van der Waals surface area contributed by atoms with Crippen molar-refractivity contribution in [2.75, 3.05) is 13.1 Å². The fraction of sp³-hybridized carbons (Fsp3) is 0.786. The summed E-state index contributed by atoms with van der Waals surface area (Å²) in [5, 5.41) is 14.5. The molecule has 0 aromatic heterocycles. The van der Waals surface area contributed by atoms with Crippen LogP contribution in [-0.2, 0) is 14.4 Å². The van der Waals surface area contributed by atoms with Gasteiger partial charge in [-0.2, -0.15) is 0 Å². The Kier molecular flexibility index (Phi) is 6.61. The van der Waals surface area contributed by atoms with Gasteiger partial charge in [0, 0.05) is 19.1 Å². The molecule has 120 valence electrons. The quantitative estimate of drug-likeness (QED) is 0.612. The lowest BCUT2D eigenvalue weighted by Crippen LogP contribution is -2.61. The molecular formula is C14H25N3O4. The van der Waals surface area contributed by atoms with Crippen molar-refractivity contribution >= 4 is 17.8 Å². The topological polar surface area (TPSA) is 98.7 Å². The molecule has 1 rings (SSSR count). The van der Waals surface area contributed by atoms with Gasteiger partial charge >= 0.3 is 5.97 Å². The smallest absolute Gasteiger partial charge is 0.305 e. The Bertz CT molecular complexity index is 400. The first-order valence-corrected chi connectivity index (χ1v) is 7.42. The first-order valence-electron chi connectivity index (χ1n) is 7.42. The van der Waals surface area contributed by atoms with Gasteiger partial charge in [0.25, 0.3) is 0 Å². The molecule has 0 radical (unpaired) electrons. The number of rotatable bonds is 7. The number of carboxylic acid groups (broad SMARTS) is 1. The van der Waals surface area contributed by atoms with Crippen LogP contribution in [0.5, 0.6) is 0 Å². The average molecular weight is 299 g/mol. The van der Waals surface area contributed by atoms with Crippen molar-refractivity contribution in [1.82, 2.24) is 15.5 Å². The van der Waals surface area contributed by atoms with E-state index in [0.717, 1.165) is 12.8 Å². The first kappa shape index (κ1) is 17.4. The normalized spacial score (nSPS) is 22.2. The highest BCUT2D eigenvalue weighted by atomic mass is 16.4. The number of carbonyl (C=O) groups excluding carboxylic acids is 2. The highest BCUT2D eigenvalue weighted by molar-refractivity contribution is 5.88. The lowest BCUT2D eigenvalue weighted by Gasteiger charge is -2.38. The van der Waals surface area contributed by atoms with Gasteiger partial charge in [0.1, 0.15) is 6.04 Å². The highest BCUT2D eigenvalue weighted by Crippen LogP contribution is 2.13. The number of hydrogen-bond acceptors (Lipinski definition) is 4. The van der Waals surface area contributed by atoms with Crippen molar-refractivity contribution in [3.05, 3.63) is 0 Å². The van der Waals surface area contributed by atoms with Gasteiger partial charge in [0.15, 0.2) is 0 Å². The molecular weight excluding hydrogens is 274 g/mol. The van der Waals surface area contributed by atoms with Gasteiger partial charge in [-0.3, -0.25) is 19.3 Å². The van der Waals surface area contributed by atoms with Crippen LogP contribution in [0.1, 0.15) is 40.0 Å². The number of hydrogen-bond donors (Lipinski definition) is 3. The van der Waals surface area contributed by atoms with Crippen LogP contribution in [-0.4, -0.2) is 59.0 Å². The molecule has 7 heteroatoms. The minimum Gasteiger partial charge on any atom is -0.481 e. The van der Waals surface area contributed by atoms with E-state index in [1.165, 1.54) is 0 Å². The summed E-state index contributed by atoms with van der Waals surface area (Å²) in [4.78, 5) is 36.7. The third-order valence-corrected chi connectivity index (χ3v) is 3.73. The SMILES string of the molecule is CCCC(C)NC(=O)C(C)N1CCNC(=O)C1CC(=O)O. The molecule has 3 unspecified atom stereocenters. The molecule has 0 aromatic rings. The number of carboxylic acids is 1. The Balaban J connectivity index is 2.72. The fourth-order valence-electron chi connectivity index (χ4n) is 2.59. The Morgan fingerprint density at radius 1 is 1.48 bits per heavy atom. The van der Waals surface area contributed by atoms with Crippen LogP contribution < -0.4 is 10.6 Å². The minimum atomic E-state index is -1.05. The van der Waals surface area contributed by atoms with E-state index in [1.54, 1.807) is 11.8 Å². The molecule has 1 aliphatic heterocycles. The minimum absolute atomic E-state index is 0.0708. The van der Waals surface area contributed by atoms with Gasteiger partial charge in [-0.25, -0.2) is 0 Å². The van der Waals surface area contributed by atoms with Crippen LogP contribution >= 0.6 is 0 Å². The molecule has 0 spiro atoms. The molecule has 7 nitrogen and oxygen atoms in total. The first-order chi connectivity index (χ1) is 9.86. The third kappa shape index (κ3) is 5.00. The number of nitrogens with one attached hydrogen (secondary N) is 2. The fourth-order valence-corrected chi connectivity index (χ4v) is 2.59. The van der Waals surface area contributed by atoms with Crippen LogP contribution in [0.4, 0.5) is 0 Å². The van der Waals surface area contributed by atoms with E-state index in [0.29, 0.717) is 13.1 Å². The molecule has 1 saturated heterocycles. The number of aliphatic carboxylic acids is 1. The van der Waals surface area contributed by atoms with E-state index in [9.17, 15) is 14.4 Å². The Labute approximate surface area is 125 Å². The lowest BCUT2D eigenvalue weighted by molar-refractivity contribution is -0.145. The zero-order chi connectivity index (χ0) is 16.0. The van der Waals surface area contributed by atoms with Crippen LogP contribution in [0.15, 0.2) is 0 Å². The van der Waals surface area contributed by atoms with E-state index < -0.39 is 18.1 Å². The van der Waals surface area contributed by atoms with Crippen LogP contribution in [0.2, 0.25) is 0 Å². The van der Waals surface area contributed by atoms with Gasteiger partial charge in [0.05, 0.1) is 12.5 Å². The Hall–Kier alpha value is -1.63. The molecule has 0 saturated carbocycles. The predicted molar refractivity (Wildman–Crippen MR) is 77.7 cm³/mol. The van der Waals surface area contributed by atoms with E-state index in [1.807, 2.05) is 13.8 Å². The number of piperazine rings is 1. The van der Waals surface area contributed by atoms with Gasteiger partial charge < -0.3 is 15.7 Å². The Morgan fingerprint density at radius 3 is 2.71 bits per heavy atom. The maximum absolute atomic E-state index is 12.2. The van der Waals surface area contributed by atoms with Crippen LogP contribution in [0, 0.1) is 0 Å². The molecule has 21 heavy (non-hydrogen) atoms. The number of amides is 2. The largest absolute Gasteiger partial charge is 0.481 e. The van der Waals surface area contributed by atoms with Crippen molar-refractivity contribution in [2.45, 2.75) is 58.2 Å². The van der Waals surface area contributed by atoms with E-state index in [-0.39, 0.29) is 24.3 Å². The molecule has 3 N–H and O–H groups in total. The van der Waals surface area contributed by atoms with Crippen LogP contribution in [0.3, 0.4) is 0 Å². The summed E-state index contributed by atoms with van der Waals surface area (Å²) in [6.45, 7) is 6.59. The average Bonchev–Trinajstić information content (AvgIpc) is 2.40. The third-order valence-electron chi connectivity index (χ3n) is 3.73. The zero-order valence-corrected chi connectivity index (χ0v) is 12.9. The molecule has 0 bridgehead atoms. The second-order valence-corrected chi connectivity index (χ2v) is 5.52. The van der Waals surface area contributed by atoms with Crippen molar-refractivity contribution in [2.24, 2.45) is 0 Å². The van der Waals surface area contributed by atoms with E-state index in [2.05, 4.69) is 10.6 Å². The summed E-state index contributed by atoms with van der Waals surface area (Å²) < 4.78 is 0. The second-order valence-electron chi connectivity index (χ2n) is 5.52. The van der Waals surface area contributed by atoms with Gasteiger partial charge in [-0.05, 0) is 20.3 Å². The highest BCUT2D eigenvalue weighted by Gasteiger charge is 2.36. The van der Waals surface area contributed by atoms with Crippen molar-refractivity contribution in [3.63, 3.8) is 0 Å². The summed E-state index contributed by atoms with van der Waals surface area (Å²) >= 11 is 0. The van der Waals surface area contributed by atoms with E-state index in [4.69, 9.17) is 5.11 Å². The molecule has 1 heterocycles. The monoisotopic (exact) mass is 299 g/mol. The van der Waals surface area contributed by atoms with Gasteiger partial charge in [0.2, 0.25) is 11.8 Å². The van der Waals surface area contributed by atoms with Gasteiger partial charge in [-0.15, -0.1) is 0 Å². The summed E-state index contributed by atoms with van der Waals surface area (Å²) in [5.41, 5.74) is 0. The molecule has 2 amide bonds. The zero-order valence-electron chi connectivity index (χ0n) is 12.9.